The van der Waals surface area contributed by atoms with E-state index in [1.165, 1.54) is 7.11 Å². The monoisotopic (exact) mass is 482 g/mol. The molecule has 2 N–H and O–H groups in total. The van der Waals surface area contributed by atoms with E-state index in [9.17, 15) is 13.2 Å². The molecule has 0 spiro atoms. The molecule has 0 aliphatic rings. The molecule has 3 rings (SSSR count). The van der Waals surface area contributed by atoms with Crippen LogP contribution >= 0.6 is 22.9 Å². The van der Waals surface area contributed by atoms with Crippen molar-refractivity contribution in [2.45, 2.75) is 10.8 Å². The highest BCUT2D eigenvalue weighted by Crippen LogP contribution is 2.27. The number of anilines is 1. The highest BCUT2D eigenvalue weighted by Gasteiger charge is 2.21. The van der Waals surface area contributed by atoms with Crippen LogP contribution in [-0.2, 0) is 16.4 Å². The lowest BCUT2D eigenvalue weighted by Crippen LogP contribution is -2.26. The van der Waals surface area contributed by atoms with E-state index in [4.69, 9.17) is 21.1 Å². The Morgan fingerprint density at radius 1 is 1.10 bits per heavy atom. The minimum absolute atomic E-state index is 0.0465. The minimum atomic E-state index is -3.89. The molecule has 0 fully saturated rings. The molecular weight excluding hydrogens is 464 g/mol. The summed E-state index contributed by atoms with van der Waals surface area (Å²) in [6, 6.07) is 11.8. The summed E-state index contributed by atoms with van der Waals surface area (Å²) in [5, 5.41) is 10.2. The second kappa shape index (κ2) is 10.1. The number of rotatable bonds is 9. The number of nitrogens with zero attached hydrogens (tertiary/aromatic N) is 2. The van der Waals surface area contributed by atoms with Crippen LogP contribution in [-0.4, -0.2) is 45.3 Å². The molecule has 1 amide bonds. The lowest BCUT2D eigenvalue weighted by Gasteiger charge is -2.09. The van der Waals surface area contributed by atoms with Crippen LogP contribution in [0, 0.1) is 0 Å². The highest BCUT2D eigenvalue weighted by atomic mass is 35.5. The van der Waals surface area contributed by atoms with Crippen LogP contribution < -0.4 is 19.5 Å². The Kier molecular flexibility index (Phi) is 7.44. The lowest BCUT2D eigenvalue weighted by molar-refractivity contribution is 0.102. The molecular formula is C19H19ClN4O5S2. The van der Waals surface area contributed by atoms with Crippen molar-refractivity contribution in [1.82, 2.24) is 14.9 Å². The van der Waals surface area contributed by atoms with Crippen LogP contribution in [0.15, 0.2) is 46.8 Å². The molecule has 12 heteroatoms. The molecule has 0 atom stereocenters. The quantitative estimate of drug-likeness (QED) is 0.450. The van der Waals surface area contributed by atoms with Gasteiger partial charge in [0.05, 0.1) is 24.8 Å². The summed E-state index contributed by atoms with van der Waals surface area (Å²) in [6.07, 6.45) is 0.425. The molecule has 0 aliphatic carbocycles. The number of nitrogens with one attached hydrogen (secondary N) is 2. The number of aromatic nitrogens is 2. The van der Waals surface area contributed by atoms with Crippen LogP contribution in [0.4, 0.5) is 5.13 Å². The molecule has 9 nitrogen and oxygen atoms in total. The highest BCUT2D eigenvalue weighted by molar-refractivity contribution is 7.91. The van der Waals surface area contributed by atoms with Crippen molar-refractivity contribution in [3.05, 3.63) is 58.6 Å². The predicted octanol–water partition coefficient (Wildman–Crippen LogP) is 2.98. The van der Waals surface area contributed by atoms with Gasteiger partial charge >= 0.3 is 0 Å². The van der Waals surface area contributed by atoms with Crippen molar-refractivity contribution in [3.63, 3.8) is 0 Å². The predicted molar refractivity (Wildman–Crippen MR) is 118 cm³/mol. The molecule has 31 heavy (non-hydrogen) atoms. The van der Waals surface area contributed by atoms with Crippen LogP contribution in [0.25, 0.3) is 0 Å². The van der Waals surface area contributed by atoms with Crippen LogP contribution in [0.5, 0.6) is 11.5 Å². The first-order chi connectivity index (χ1) is 14.8. The molecule has 0 radical (unpaired) electrons. The maximum atomic E-state index is 12.5. The first kappa shape index (κ1) is 22.9. The number of carbonyl (C=O) groups excluding carboxylic acids is 1. The smallest absolute Gasteiger partial charge is 0.269 e. The fraction of sp³-hybridized carbons (Fsp3) is 0.211. The van der Waals surface area contributed by atoms with E-state index < -0.39 is 15.9 Å². The fourth-order valence-corrected chi connectivity index (χ4v) is 4.80. The van der Waals surface area contributed by atoms with Gasteiger partial charge < -0.3 is 9.47 Å². The second-order valence-electron chi connectivity index (χ2n) is 6.14. The summed E-state index contributed by atoms with van der Waals surface area (Å²) in [6.45, 7) is 0.138. The first-order valence-electron chi connectivity index (χ1n) is 8.94. The summed E-state index contributed by atoms with van der Waals surface area (Å²) in [5.41, 5.74) is 1.11. The maximum absolute atomic E-state index is 12.5. The standard InChI is InChI=1S/C19H19ClN4O5S2/c1-28-15-8-7-12(11-16(15)29-2)9-10-21-31(26,27)19-24-23-18(30-19)22-17(25)13-5-3-4-6-14(13)20/h3-8,11,21H,9-10H2,1-2H3,(H,22,23,25). The number of hydrogen-bond donors (Lipinski definition) is 2. The van der Waals surface area contributed by atoms with Gasteiger partial charge in [-0.15, -0.1) is 10.2 Å². The van der Waals surface area contributed by atoms with Gasteiger partial charge in [-0.25, -0.2) is 13.1 Å². The number of halogens is 1. The molecule has 0 saturated carbocycles. The van der Waals surface area contributed by atoms with Crippen molar-refractivity contribution >= 4 is 44.0 Å². The summed E-state index contributed by atoms with van der Waals surface area (Å²) >= 11 is 6.73. The van der Waals surface area contributed by atoms with Gasteiger partial charge in [0.1, 0.15) is 0 Å². The van der Waals surface area contributed by atoms with Crippen molar-refractivity contribution < 1.29 is 22.7 Å². The Hall–Kier alpha value is -2.73. The van der Waals surface area contributed by atoms with E-state index in [-0.39, 0.29) is 26.6 Å². The number of amides is 1. The Morgan fingerprint density at radius 2 is 1.84 bits per heavy atom. The van der Waals surface area contributed by atoms with Gasteiger partial charge in [0.15, 0.2) is 11.5 Å². The normalized spacial score (nSPS) is 11.2. The fourth-order valence-electron chi connectivity index (χ4n) is 2.61. The van der Waals surface area contributed by atoms with Crippen molar-refractivity contribution in [3.8, 4) is 11.5 Å². The summed E-state index contributed by atoms with van der Waals surface area (Å²) in [5.74, 6) is 0.644. The van der Waals surface area contributed by atoms with E-state index in [0.29, 0.717) is 17.9 Å². The third-order valence-corrected chi connectivity index (χ3v) is 7.13. The van der Waals surface area contributed by atoms with Gasteiger partial charge in [-0.3, -0.25) is 10.1 Å². The number of ether oxygens (including phenoxy) is 2. The number of methoxy groups -OCH3 is 2. The number of carbonyl (C=O) groups is 1. The second-order valence-corrected chi connectivity index (χ2v) is 9.47. The molecule has 0 bridgehead atoms. The molecule has 0 saturated heterocycles. The Balaban J connectivity index is 1.61. The zero-order valence-electron chi connectivity index (χ0n) is 16.6. The SMILES string of the molecule is COc1ccc(CCNS(=O)(=O)c2nnc(NC(=O)c3ccccc3Cl)s2)cc1OC. The molecule has 2 aromatic carbocycles. The Bertz CT molecular complexity index is 1180. The third-order valence-electron chi connectivity index (χ3n) is 4.13. The van der Waals surface area contributed by atoms with Gasteiger partial charge in [-0.2, -0.15) is 0 Å². The number of benzene rings is 2. The van der Waals surface area contributed by atoms with Crippen LogP contribution in [0.3, 0.4) is 0 Å². The van der Waals surface area contributed by atoms with Crippen molar-refractivity contribution in [2.24, 2.45) is 0 Å². The van der Waals surface area contributed by atoms with Gasteiger partial charge in [-0.05, 0) is 36.2 Å². The third kappa shape index (κ3) is 5.70. The largest absolute Gasteiger partial charge is 0.493 e. The van der Waals surface area contributed by atoms with Gasteiger partial charge in [-0.1, -0.05) is 41.1 Å². The van der Waals surface area contributed by atoms with E-state index in [2.05, 4.69) is 20.2 Å². The average Bonchev–Trinajstić information content (AvgIpc) is 3.23. The van der Waals surface area contributed by atoms with Crippen molar-refractivity contribution in [1.29, 1.82) is 0 Å². The van der Waals surface area contributed by atoms with Gasteiger partial charge in [0.25, 0.3) is 15.9 Å². The number of sulfonamides is 1. The van der Waals surface area contributed by atoms with E-state index in [1.54, 1.807) is 43.5 Å². The van der Waals surface area contributed by atoms with Gasteiger partial charge in [0, 0.05) is 6.54 Å². The zero-order valence-corrected chi connectivity index (χ0v) is 19.0. The maximum Gasteiger partial charge on any atom is 0.269 e. The lowest BCUT2D eigenvalue weighted by atomic mass is 10.1. The average molecular weight is 483 g/mol. The molecule has 0 aliphatic heterocycles. The minimum Gasteiger partial charge on any atom is -0.493 e. The summed E-state index contributed by atoms with van der Waals surface area (Å²) in [7, 11) is -0.815. The van der Waals surface area contributed by atoms with E-state index >= 15 is 0 Å². The Labute approximate surface area is 188 Å². The first-order valence-corrected chi connectivity index (χ1v) is 11.6. The topological polar surface area (TPSA) is 120 Å². The zero-order chi connectivity index (χ0) is 22.4. The molecule has 3 aromatic rings. The Morgan fingerprint density at radius 3 is 2.55 bits per heavy atom. The molecule has 1 heterocycles. The van der Waals surface area contributed by atoms with Crippen molar-refractivity contribution in [2.75, 3.05) is 26.1 Å². The molecule has 0 unspecified atom stereocenters. The summed E-state index contributed by atoms with van der Waals surface area (Å²) in [4.78, 5) is 12.3. The van der Waals surface area contributed by atoms with Crippen LogP contribution in [0.2, 0.25) is 5.02 Å². The number of hydrogen-bond acceptors (Lipinski definition) is 8. The van der Waals surface area contributed by atoms with Crippen LogP contribution in [0.1, 0.15) is 15.9 Å². The molecule has 1 aromatic heterocycles. The van der Waals surface area contributed by atoms with E-state index in [0.717, 1.165) is 16.9 Å². The molecule has 164 valence electrons. The summed E-state index contributed by atoms with van der Waals surface area (Å²) < 4.78 is 37.6. The van der Waals surface area contributed by atoms with E-state index in [1.807, 2.05) is 6.07 Å². The van der Waals surface area contributed by atoms with Gasteiger partial charge in [0.2, 0.25) is 9.47 Å².